The van der Waals surface area contributed by atoms with Crippen LogP contribution < -0.4 is 4.74 Å². The van der Waals surface area contributed by atoms with Crippen molar-refractivity contribution in [3.05, 3.63) is 107 Å². The third-order valence-corrected chi connectivity index (χ3v) is 6.58. The van der Waals surface area contributed by atoms with Gasteiger partial charge in [0.15, 0.2) is 0 Å². The van der Waals surface area contributed by atoms with Crippen LogP contribution in [-0.2, 0) is 11.3 Å². The fourth-order valence-electron chi connectivity index (χ4n) is 4.43. The van der Waals surface area contributed by atoms with Gasteiger partial charge >= 0.3 is 0 Å². The zero-order valence-corrected chi connectivity index (χ0v) is 21.2. The van der Waals surface area contributed by atoms with Crippen LogP contribution in [0.15, 0.2) is 78.9 Å². The van der Waals surface area contributed by atoms with Gasteiger partial charge in [0.1, 0.15) is 11.6 Å². The van der Waals surface area contributed by atoms with Crippen LogP contribution in [0.2, 0.25) is 5.02 Å². The predicted octanol–water partition coefficient (Wildman–Crippen LogP) is 6.59. The van der Waals surface area contributed by atoms with Gasteiger partial charge in [-0.1, -0.05) is 35.9 Å². The summed E-state index contributed by atoms with van der Waals surface area (Å²) in [6.45, 7) is 3.26. The second-order valence-electron chi connectivity index (χ2n) is 9.00. The SMILES string of the molecule is Cc1nn(-c2ccc(Cl)cc2)c(Oc2cccc(F)c2)c1CN(C[C@H]1CCCO1)C(=O)c1ccccc1. The summed E-state index contributed by atoms with van der Waals surface area (Å²) in [5.74, 6) is 0.221. The van der Waals surface area contributed by atoms with Crippen molar-refractivity contribution in [2.75, 3.05) is 13.2 Å². The van der Waals surface area contributed by atoms with E-state index in [1.807, 2.05) is 37.3 Å². The van der Waals surface area contributed by atoms with Gasteiger partial charge in [-0.15, -0.1) is 0 Å². The number of hydrogen-bond donors (Lipinski definition) is 0. The van der Waals surface area contributed by atoms with E-state index in [2.05, 4.69) is 0 Å². The summed E-state index contributed by atoms with van der Waals surface area (Å²) < 4.78 is 27.8. The number of amides is 1. The molecule has 8 heteroatoms. The summed E-state index contributed by atoms with van der Waals surface area (Å²) in [6.07, 6.45) is 1.83. The van der Waals surface area contributed by atoms with Crippen molar-refractivity contribution in [1.29, 1.82) is 0 Å². The van der Waals surface area contributed by atoms with E-state index >= 15 is 0 Å². The highest BCUT2D eigenvalue weighted by Crippen LogP contribution is 2.33. The Bertz CT molecular complexity index is 1370. The fourth-order valence-corrected chi connectivity index (χ4v) is 4.56. The zero-order valence-electron chi connectivity index (χ0n) is 20.4. The lowest BCUT2D eigenvalue weighted by Gasteiger charge is -2.26. The third kappa shape index (κ3) is 5.84. The van der Waals surface area contributed by atoms with E-state index < -0.39 is 5.82 Å². The van der Waals surface area contributed by atoms with Crippen LogP contribution in [0, 0.1) is 12.7 Å². The highest BCUT2D eigenvalue weighted by Gasteiger charge is 2.28. The van der Waals surface area contributed by atoms with E-state index in [9.17, 15) is 9.18 Å². The van der Waals surface area contributed by atoms with E-state index in [1.54, 1.807) is 46.0 Å². The summed E-state index contributed by atoms with van der Waals surface area (Å²) >= 11 is 6.11. The number of aromatic nitrogens is 2. The molecule has 0 N–H and O–H groups in total. The summed E-state index contributed by atoms with van der Waals surface area (Å²) in [5, 5.41) is 5.33. The first kappa shape index (κ1) is 25.0. The van der Waals surface area contributed by atoms with Gasteiger partial charge in [0.25, 0.3) is 5.91 Å². The molecule has 0 aliphatic carbocycles. The molecule has 2 heterocycles. The van der Waals surface area contributed by atoms with Gasteiger partial charge in [-0.05, 0) is 68.3 Å². The lowest BCUT2D eigenvalue weighted by atomic mass is 10.1. The van der Waals surface area contributed by atoms with Crippen LogP contribution in [0.5, 0.6) is 11.6 Å². The lowest BCUT2D eigenvalue weighted by molar-refractivity contribution is 0.0505. The van der Waals surface area contributed by atoms with Crippen LogP contribution >= 0.6 is 11.6 Å². The Morgan fingerprint density at radius 2 is 1.92 bits per heavy atom. The molecule has 1 aromatic heterocycles. The van der Waals surface area contributed by atoms with E-state index in [4.69, 9.17) is 26.2 Å². The molecule has 0 saturated carbocycles. The first-order chi connectivity index (χ1) is 18.0. The van der Waals surface area contributed by atoms with E-state index in [-0.39, 0.29) is 18.6 Å². The van der Waals surface area contributed by atoms with Gasteiger partial charge in [-0.2, -0.15) is 5.10 Å². The van der Waals surface area contributed by atoms with E-state index in [0.29, 0.717) is 41.1 Å². The topological polar surface area (TPSA) is 56.6 Å². The summed E-state index contributed by atoms with van der Waals surface area (Å²) in [7, 11) is 0. The average molecular weight is 520 g/mol. The first-order valence-corrected chi connectivity index (χ1v) is 12.6. The molecule has 6 nitrogen and oxygen atoms in total. The van der Waals surface area contributed by atoms with Crippen LogP contribution in [0.4, 0.5) is 4.39 Å². The molecule has 0 radical (unpaired) electrons. The van der Waals surface area contributed by atoms with Gasteiger partial charge < -0.3 is 14.4 Å². The van der Waals surface area contributed by atoms with Crippen molar-refractivity contribution in [3.63, 3.8) is 0 Å². The molecule has 1 amide bonds. The van der Waals surface area contributed by atoms with Gasteiger partial charge in [-0.3, -0.25) is 4.79 Å². The highest BCUT2D eigenvalue weighted by molar-refractivity contribution is 6.30. The molecule has 4 aromatic rings. The number of benzene rings is 3. The molecule has 1 fully saturated rings. The maximum absolute atomic E-state index is 14.0. The third-order valence-electron chi connectivity index (χ3n) is 6.32. The van der Waals surface area contributed by atoms with Crippen molar-refractivity contribution >= 4 is 17.5 Å². The number of halogens is 2. The van der Waals surface area contributed by atoms with E-state index in [1.165, 1.54) is 12.1 Å². The van der Waals surface area contributed by atoms with Gasteiger partial charge in [0, 0.05) is 29.8 Å². The number of carbonyl (C=O) groups excluding carboxylic acids is 1. The molecule has 0 bridgehead atoms. The molecule has 5 rings (SSSR count). The largest absolute Gasteiger partial charge is 0.438 e. The molecular formula is C29H27ClFN3O3. The molecule has 0 unspecified atom stereocenters. The molecule has 190 valence electrons. The molecule has 1 saturated heterocycles. The number of nitrogens with zero attached hydrogens (tertiary/aromatic N) is 3. The van der Waals surface area contributed by atoms with Crippen LogP contribution in [-0.4, -0.2) is 39.8 Å². The van der Waals surface area contributed by atoms with Crippen molar-refractivity contribution < 1.29 is 18.7 Å². The fraction of sp³-hybridized carbons (Fsp3) is 0.241. The van der Waals surface area contributed by atoms with Crippen LogP contribution in [0.25, 0.3) is 5.69 Å². The highest BCUT2D eigenvalue weighted by atomic mass is 35.5. The summed E-state index contributed by atoms with van der Waals surface area (Å²) in [5.41, 5.74) is 2.74. The smallest absolute Gasteiger partial charge is 0.254 e. The number of ether oxygens (including phenoxy) is 2. The predicted molar refractivity (Wildman–Crippen MR) is 140 cm³/mol. The minimum Gasteiger partial charge on any atom is -0.438 e. The molecular weight excluding hydrogens is 493 g/mol. The van der Waals surface area contributed by atoms with Crippen LogP contribution in [0.3, 0.4) is 0 Å². The Labute approximate surface area is 220 Å². The number of aryl methyl sites for hydroxylation is 1. The molecule has 0 spiro atoms. The second-order valence-corrected chi connectivity index (χ2v) is 9.44. The average Bonchev–Trinajstić information content (AvgIpc) is 3.52. The summed E-state index contributed by atoms with van der Waals surface area (Å²) in [6, 6.07) is 22.3. The van der Waals surface area contributed by atoms with E-state index in [0.717, 1.165) is 24.1 Å². The molecule has 1 aliphatic rings. The molecule has 3 aromatic carbocycles. The molecule has 1 aliphatic heterocycles. The normalized spacial score (nSPS) is 15.1. The second kappa shape index (κ2) is 11.2. The van der Waals surface area contributed by atoms with Gasteiger partial charge in [0.2, 0.25) is 5.88 Å². The van der Waals surface area contributed by atoms with Gasteiger partial charge in [0.05, 0.1) is 29.6 Å². The monoisotopic (exact) mass is 519 g/mol. The van der Waals surface area contributed by atoms with Crippen molar-refractivity contribution in [1.82, 2.24) is 14.7 Å². The molecule has 1 atom stereocenters. The number of hydrogen-bond acceptors (Lipinski definition) is 4. The Balaban J connectivity index is 1.55. The minimum absolute atomic E-state index is 0.0353. The first-order valence-electron chi connectivity index (χ1n) is 12.2. The quantitative estimate of drug-likeness (QED) is 0.263. The number of rotatable bonds is 8. The standard InChI is InChI=1S/C29H27ClFN3O3/c1-20-27(19-33(18-26-11-6-16-36-26)28(35)21-7-3-2-4-8-21)29(37-25-10-5-9-23(31)17-25)34(32-20)24-14-12-22(30)13-15-24/h2-5,7-10,12-15,17,26H,6,11,16,18-19H2,1H3/t26-/m1/s1. The molecule has 37 heavy (non-hydrogen) atoms. The number of carbonyl (C=O) groups is 1. The Hall–Kier alpha value is -3.68. The minimum atomic E-state index is -0.410. The maximum Gasteiger partial charge on any atom is 0.254 e. The van der Waals surface area contributed by atoms with Crippen LogP contribution in [0.1, 0.15) is 34.5 Å². The van der Waals surface area contributed by atoms with Crippen molar-refractivity contribution in [2.24, 2.45) is 0 Å². The Morgan fingerprint density at radius 3 is 2.62 bits per heavy atom. The maximum atomic E-state index is 14.0. The van der Waals surface area contributed by atoms with Gasteiger partial charge in [-0.25, -0.2) is 9.07 Å². The lowest BCUT2D eigenvalue weighted by Crippen LogP contribution is -2.37. The summed E-state index contributed by atoms with van der Waals surface area (Å²) in [4.78, 5) is 15.4. The zero-order chi connectivity index (χ0) is 25.8. The Morgan fingerprint density at radius 1 is 1.14 bits per heavy atom. The van der Waals surface area contributed by atoms with Crippen molar-refractivity contribution in [3.8, 4) is 17.3 Å². The van der Waals surface area contributed by atoms with Crippen molar-refractivity contribution in [2.45, 2.75) is 32.4 Å². The Kier molecular flexibility index (Phi) is 7.53.